The van der Waals surface area contributed by atoms with Crippen molar-refractivity contribution in [3.8, 4) is 6.07 Å². The molecule has 0 saturated carbocycles. The van der Waals surface area contributed by atoms with Gasteiger partial charge in [0.05, 0.1) is 49.6 Å². The van der Waals surface area contributed by atoms with Crippen molar-refractivity contribution in [2.45, 2.75) is 199 Å². The SMILES string of the molecule is CC[Si](CC)(CC)O[C@H]1C[C@@H](C)C[C@H]2O[C@@](C)(CO[Si](c3ccccc3)(c3ccccc3)C(C)(C)C)[C@H](O[Si](C(C)C)(C(C)C)C(C)C)C[C@@H]2O[C@@H]1CC#N. The third kappa shape index (κ3) is 9.65. The number of nitriles is 1. The summed E-state index contributed by atoms with van der Waals surface area (Å²) in [5.41, 5.74) is 0.488. The summed E-state index contributed by atoms with van der Waals surface area (Å²) in [4.78, 5) is 0. The van der Waals surface area contributed by atoms with Crippen LogP contribution in [-0.2, 0) is 22.8 Å². The lowest BCUT2D eigenvalue weighted by Gasteiger charge is -2.55. The van der Waals surface area contributed by atoms with Gasteiger partial charge in [-0.15, -0.1) is 0 Å². The molecule has 0 radical (unpaired) electrons. The predicted molar refractivity (Wildman–Crippen MR) is 237 cm³/mol. The molecule has 55 heavy (non-hydrogen) atoms. The van der Waals surface area contributed by atoms with Gasteiger partial charge in [-0.05, 0) is 75.9 Å². The summed E-state index contributed by atoms with van der Waals surface area (Å²) in [5.74, 6) is 0.342. The van der Waals surface area contributed by atoms with Crippen LogP contribution in [0.25, 0.3) is 0 Å². The van der Waals surface area contributed by atoms with Crippen LogP contribution in [0.5, 0.6) is 0 Å². The number of ether oxygens (including phenoxy) is 2. The molecule has 2 aliphatic heterocycles. The molecule has 2 heterocycles. The number of hydrogen-bond acceptors (Lipinski definition) is 6. The molecule has 0 bridgehead atoms. The van der Waals surface area contributed by atoms with Crippen molar-refractivity contribution in [1.82, 2.24) is 0 Å². The normalized spacial score (nSPS) is 27.1. The molecular weight excluding hydrogens is 731 g/mol. The molecule has 2 fully saturated rings. The van der Waals surface area contributed by atoms with E-state index in [1.807, 2.05) is 0 Å². The first-order valence-electron chi connectivity index (χ1n) is 21.7. The molecule has 0 aliphatic carbocycles. The zero-order valence-corrected chi connectivity index (χ0v) is 40.1. The molecule has 4 rings (SSSR count). The van der Waals surface area contributed by atoms with Crippen molar-refractivity contribution in [3.05, 3.63) is 60.7 Å². The second-order valence-corrected chi connectivity index (χ2v) is 33.6. The van der Waals surface area contributed by atoms with Crippen molar-refractivity contribution in [2.75, 3.05) is 6.61 Å². The third-order valence-corrected chi connectivity index (χ3v) is 29.4. The van der Waals surface area contributed by atoms with Gasteiger partial charge in [-0.25, -0.2) is 0 Å². The molecule has 0 spiro atoms. The summed E-state index contributed by atoms with van der Waals surface area (Å²) in [6.07, 6.45) is 1.73. The molecule has 2 aliphatic rings. The lowest BCUT2D eigenvalue weighted by atomic mass is 9.83. The topological polar surface area (TPSA) is 69.9 Å². The van der Waals surface area contributed by atoms with Crippen LogP contribution in [0, 0.1) is 17.2 Å². The van der Waals surface area contributed by atoms with Crippen LogP contribution in [0.15, 0.2) is 60.7 Å². The van der Waals surface area contributed by atoms with Crippen LogP contribution >= 0.6 is 0 Å². The zero-order chi connectivity index (χ0) is 40.8. The zero-order valence-electron chi connectivity index (χ0n) is 37.1. The van der Waals surface area contributed by atoms with Gasteiger partial charge in [-0.3, -0.25) is 0 Å². The van der Waals surface area contributed by atoms with E-state index in [1.165, 1.54) is 10.4 Å². The highest BCUT2D eigenvalue weighted by molar-refractivity contribution is 6.99. The highest BCUT2D eigenvalue weighted by Crippen LogP contribution is 2.48. The molecule has 0 aromatic heterocycles. The van der Waals surface area contributed by atoms with E-state index in [9.17, 15) is 5.26 Å². The predicted octanol–water partition coefficient (Wildman–Crippen LogP) is 11.2. The smallest absolute Gasteiger partial charge is 0.261 e. The van der Waals surface area contributed by atoms with Crippen molar-refractivity contribution in [1.29, 1.82) is 5.26 Å². The molecule has 0 N–H and O–H groups in total. The van der Waals surface area contributed by atoms with E-state index in [4.69, 9.17) is 22.8 Å². The maximum absolute atomic E-state index is 10.2. The van der Waals surface area contributed by atoms with Crippen LogP contribution in [-0.4, -0.2) is 67.7 Å². The minimum absolute atomic E-state index is 0.0938. The van der Waals surface area contributed by atoms with E-state index in [2.05, 4.69) is 164 Å². The Labute approximate surface area is 339 Å². The lowest BCUT2D eigenvalue weighted by molar-refractivity contribution is -0.256. The molecule has 9 heteroatoms. The molecule has 2 saturated heterocycles. The van der Waals surface area contributed by atoms with E-state index in [-0.39, 0.29) is 35.6 Å². The van der Waals surface area contributed by atoms with E-state index in [0.29, 0.717) is 42.0 Å². The average molecular weight is 808 g/mol. The van der Waals surface area contributed by atoms with Crippen LogP contribution in [0.4, 0.5) is 0 Å². The summed E-state index contributed by atoms with van der Waals surface area (Å²) >= 11 is 0. The Hall–Kier alpha value is -1.62. The lowest BCUT2D eigenvalue weighted by Crippen LogP contribution is -2.70. The molecule has 6 nitrogen and oxygen atoms in total. The first kappa shape index (κ1) is 46.1. The number of hydrogen-bond donors (Lipinski definition) is 0. The number of rotatable bonds is 16. The van der Waals surface area contributed by atoms with Gasteiger partial charge in [0.1, 0.15) is 5.60 Å². The largest absolute Gasteiger partial charge is 0.411 e. The van der Waals surface area contributed by atoms with Gasteiger partial charge in [0.15, 0.2) is 8.32 Å². The van der Waals surface area contributed by atoms with Gasteiger partial charge < -0.3 is 22.8 Å². The fourth-order valence-corrected chi connectivity index (χ4v) is 23.7. The first-order chi connectivity index (χ1) is 25.9. The van der Waals surface area contributed by atoms with Gasteiger partial charge in [0.2, 0.25) is 8.32 Å². The molecule has 0 unspecified atom stereocenters. The summed E-state index contributed by atoms with van der Waals surface area (Å²) in [5, 5.41) is 12.5. The van der Waals surface area contributed by atoms with E-state index < -0.39 is 30.6 Å². The quantitative estimate of drug-likeness (QED) is 0.157. The summed E-state index contributed by atoms with van der Waals surface area (Å²) in [6, 6.07) is 27.5. The molecule has 7 atom stereocenters. The standard InChI is InChI=1S/C46H77NO5Si3/c1-15-53(16-2,17-3)51-43-31-37(10)30-42-41(49-40(43)28-29-47)32-44(52-54(34(4)5,35(6)7)36(8)9)46(14,50-42)33-48-55(45(11,12)13,38-24-20-18-21-25-38)39-26-22-19-23-27-39/h18-27,34-37,40-44H,15-17,28,30-33H2,1-14H3/t37-,40+,41-,42+,43-,44+,46-/m0/s1. The molecule has 308 valence electrons. The molecule has 0 amide bonds. The van der Waals surface area contributed by atoms with Crippen molar-refractivity contribution < 1.29 is 22.8 Å². The van der Waals surface area contributed by atoms with Gasteiger partial charge in [-0.1, -0.05) is 151 Å². The van der Waals surface area contributed by atoms with E-state index >= 15 is 0 Å². The van der Waals surface area contributed by atoms with E-state index in [0.717, 1.165) is 31.0 Å². The van der Waals surface area contributed by atoms with Gasteiger partial charge in [0.25, 0.3) is 8.32 Å². The van der Waals surface area contributed by atoms with Crippen LogP contribution < -0.4 is 10.4 Å². The minimum Gasteiger partial charge on any atom is -0.411 e. The summed E-state index contributed by atoms with van der Waals surface area (Å²) in [7, 11) is -7.20. The summed E-state index contributed by atoms with van der Waals surface area (Å²) < 4.78 is 37.5. The Kier molecular flexibility index (Phi) is 15.9. The molecule has 2 aromatic rings. The van der Waals surface area contributed by atoms with Gasteiger partial charge in [-0.2, -0.15) is 5.26 Å². The minimum atomic E-state index is -2.88. The Bertz CT molecular complexity index is 1440. The molecular formula is C46H77NO5Si3. The third-order valence-electron chi connectivity index (χ3n) is 13.7. The van der Waals surface area contributed by atoms with Crippen LogP contribution in [0.1, 0.15) is 123 Å². The van der Waals surface area contributed by atoms with Gasteiger partial charge >= 0.3 is 0 Å². The monoisotopic (exact) mass is 808 g/mol. The summed E-state index contributed by atoms with van der Waals surface area (Å²) in [6.45, 7) is 33.0. The maximum Gasteiger partial charge on any atom is 0.261 e. The Morgan fingerprint density at radius 2 is 1.29 bits per heavy atom. The first-order valence-corrected chi connectivity index (χ1v) is 28.3. The Morgan fingerprint density at radius 3 is 1.73 bits per heavy atom. The van der Waals surface area contributed by atoms with Crippen LogP contribution in [0.3, 0.4) is 0 Å². The number of fused-ring (bicyclic) bond motifs is 1. The Balaban J connectivity index is 1.84. The second-order valence-electron chi connectivity index (χ2n) is 19.1. The van der Waals surface area contributed by atoms with E-state index in [1.54, 1.807) is 0 Å². The van der Waals surface area contributed by atoms with Crippen molar-refractivity contribution >= 4 is 35.3 Å². The average Bonchev–Trinajstić information content (AvgIpc) is 3.13. The van der Waals surface area contributed by atoms with Crippen LogP contribution in [0.2, 0.25) is 39.8 Å². The Morgan fingerprint density at radius 1 is 0.782 bits per heavy atom. The highest BCUT2D eigenvalue weighted by Gasteiger charge is 2.57. The number of benzene rings is 2. The van der Waals surface area contributed by atoms with Crippen molar-refractivity contribution in [3.63, 3.8) is 0 Å². The van der Waals surface area contributed by atoms with Crippen molar-refractivity contribution in [2.24, 2.45) is 5.92 Å². The highest BCUT2D eigenvalue weighted by atomic mass is 28.4. The fourth-order valence-electron chi connectivity index (χ4n) is 10.5. The second kappa shape index (κ2) is 19.0. The maximum atomic E-state index is 10.2. The number of nitrogens with zero attached hydrogens (tertiary/aromatic N) is 1. The van der Waals surface area contributed by atoms with Gasteiger partial charge in [0, 0.05) is 6.42 Å². The molecule has 2 aromatic carbocycles. The fraction of sp³-hybridized carbons (Fsp3) is 0.717.